The minimum Gasteiger partial charge on any atom is -0.373 e. The molecule has 2 unspecified atom stereocenters. The van der Waals surface area contributed by atoms with E-state index in [-0.39, 0.29) is 17.6 Å². The lowest BCUT2D eigenvalue weighted by Gasteiger charge is -2.28. The molecule has 0 saturated heterocycles. The SMILES string of the molecule is CNC1(C(N)=O)CCC(OC(C)(C)C)C1. The Hall–Kier alpha value is -0.610. The summed E-state index contributed by atoms with van der Waals surface area (Å²) in [7, 11) is 1.78. The Morgan fingerprint density at radius 1 is 1.53 bits per heavy atom. The molecule has 1 fully saturated rings. The summed E-state index contributed by atoms with van der Waals surface area (Å²) in [6.07, 6.45) is 2.46. The maximum atomic E-state index is 11.4. The van der Waals surface area contributed by atoms with E-state index in [2.05, 4.69) is 5.32 Å². The quantitative estimate of drug-likeness (QED) is 0.730. The predicted molar refractivity (Wildman–Crippen MR) is 59.5 cm³/mol. The average Bonchev–Trinajstić information content (AvgIpc) is 2.46. The Morgan fingerprint density at radius 2 is 2.13 bits per heavy atom. The van der Waals surface area contributed by atoms with Crippen molar-refractivity contribution in [2.24, 2.45) is 5.73 Å². The first-order valence-electron chi connectivity index (χ1n) is 5.46. The van der Waals surface area contributed by atoms with E-state index in [0.29, 0.717) is 6.42 Å². The van der Waals surface area contributed by atoms with E-state index in [0.717, 1.165) is 12.8 Å². The normalized spacial score (nSPS) is 31.9. The van der Waals surface area contributed by atoms with Crippen LogP contribution in [0.4, 0.5) is 0 Å². The van der Waals surface area contributed by atoms with Gasteiger partial charge in [-0.25, -0.2) is 0 Å². The number of primary amides is 1. The molecule has 3 N–H and O–H groups in total. The molecule has 2 atom stereocenters. The number of nitrogens with two attached hydrogens (primary N) is 1. The van der Waals surface area contributed by atoms with E-state index in [9.17, 15) is 4.79 Å². The highest BCUT2D eigenvalue weighted by atomic mass is 16.5. The molecule has 1 aliphatic rings. The maximum absolute atomic E-state index is 11.4. The molecule has 4 nitrogen and oxygen atoms in total. The van der Waals surface area contributed by atoms with Gasteiger partial charge < -0.3 is 15.8 Å². The summed E-state index contributed by atoms with van der Waals surface area (Å²) >= 11 is 0. The van der Waals surface area contributed by atoms with Gasteiger partial charge in [-0.2, -0.15) is 0 Å². The lowest BCUT2D eigenvalue weighted by Crippen LogP contribution is -2.52. The van der Waals surface area contributed by atoms with Crippen LogP contribution in [0, 0.1) is 0 Å². The third-order valence-corrected chi connectivity index (χ3v) is 2.94. The first kappa shape index (κ1) is 12.5. The highest BCUT2D eigenvalue weighted by Gasteiger charge is 2.44. The monoisotopic (exact) mass is 214 g/mol. The van der Waals surface area contributed by atoms with Crippen LogP contribution >= 0.6 is 0 Å². The zero-order valence-electron chi connectivity index (χ0n) is 10.1. The van der Waals surface area contributed by atoms with Gasteiger partial charge in [-0.3, -0.25) is 4.79 Å². The van der Waals surface area contributed by atoms with E-state index in [1.54, 1.807) is 7.05 Å². The Balaban J connectivity index is 2.61. The average molecular weight is 214 g/mol. The van der Waals surface area contributed by atoms with E-state index < -0.39 is 5.54 Å². The van der Waals surface area contributed by atoms with Crippen LogP contribution in [0.1, 0.15) is 40.0 Å². The van der Waals surface area contributed by atoms with Crippen molar-refractivity contribution in [1.29, 1.82) is 0 Å². The molecule has 1 saturated carbocycles. The van der Waals surface area contributed by atoms with Crippen LogP contribution in [0.15, 0.2) is 0 Å². The van der Waals surface area contributed by atoms with Crippen LogP contribution < -0.4 is 11.1 Å². The number of carbonyl (C=O) groups is 1. The molecule has 0 radical (unpaired) electrons. The van der Waals surface area contributed by atoms with Crippen molar-refractivity contribution in [1.82, 2.24) is 5.32 Å². The van der Waals surface area contributed by atoms with Gasteiger partial charge >= 0.3 is 0 Å². The van der Waals surface area contributed by atoms with Crippen molar-refractivity contribution in [3.8, 4) is 0 Å². The van der Waals surface area contributed by atoms with Crippen molar-refractivity contribution in [3.63, 3.8) is 0 Å². The molecule has 0 heterocycles. The number of hydrogen-bond donors (Lipinski definition) is 2. The van der Waals surface area contributed by atoms with Gasteiger partial charge in [0.15, 0.2) is 0 Å². The largest absolute Gasteiger partial charge is 0.373 e. The number of ether oxygens (including phenoxy) is 1. The van der Waals surface area contributed by atoms with Gasteiger partial charge in [-0.15, -0.1) is 0 Å². The summed E-state index contributed by atoms with van der Waals surface area (Å²) in [6, 6.07) is 0. The molecule has 1 amide bonds. The molecule has 0 spiro atoms. The van der Waals surface area contributed by atoms with Gasteiger partial charge in [0, 0.05) is 6.42 Å². The van der Waals surface area contributed by atoms with Crippen molar-refractivity contribution >= 4 is 5.91 Å². The number of rotatable bonds is 3. The zero-order valence-corrected chi connectivity index (χ0v) is 10.1. The lowest BCUT2D eigenvalue weighted by atomic mass is 9.97. The van der Waals surface area contributed by atoms with Gasteiger partial charge in [0.05, 0.1) is 17.2 Å². The predicted octanol–water partition coefficient (Wildman–Crippen LogP) is 0.797. The number of likely N-dealkylation sites (N-methyl/N-ethyl adjacent to an activating group) is 1. The number of hydrogen-bond acceptors (Lipinski definition) is 3. The molecule has 0 aromatic heterocycles. The summed E-state index contributed by atoms with van der Waals surface area (Å²) in [5.74, 6) is -0.273. The van der Waals surface area contributed by atoms with E-state index in [1.807, 2.05) is 20.8 Å². The Morgan fingerprint density at radius 3 is 2.47 bits per heavy atom. The van der Waals surface area contributed by atoms with Gasteiger partial charge in [0.2, 0.25) is 5.91 Å². The van der Waals surface area contributed by atoms with Crippen LogP contribution in [-0.2, 0) is 9.53 Å². The second kappa shape index (κ2) is 4.10. The number of nitrogens with one attached hydrogen (secondary N) is 1. The van der Waals surface area contributed by atoms with Crippen LogP contribution in [0.25, 0.3) is 0 Å². The highest BCUT2D eigenvalue weighted by Crippen LogP contribution is 2.33. The summed E-state index contributed by atoms with van der Waals surface area (Å²) < 4.78 is 5.86. The van der Waals surface area contributed by atoms with Crippen molar-refractivity contribution in [3.05, 3.63) is 0 Å². The second-order valence-corrected chi connectivity index (χ2v) is 5.29. The second-order valence-electron chi connectivity index (χ2n) is 5.29. The van der Waals surface area contributed by atoms with E-state index in [1.165, 1.54) is 0 Å². The molecular weight excluding hydrogens is 192 g/mol. The van der Waals surface area contributed by atoms with Crippen molar-refractivity contribution < 1.29 is 9.53 Å². The third kappa shape index (κ3) is 2.92. The van der Waals surface area contributed by atoms with E-state index in [4.69, 9.17) is 10.5 Å². The molecule has 0 aliphatic heterocycles. The topological polar surface area (TPSA) is 64.3 Å². The Kier molecular flexibility index (Phi) is 3.41. The van der Waals surface area contributed by atoms with Crippen molar-refractivity contribution in [2.45, 2.75) is 57.3 Å². The van der Waals surface area contributed by atoms with E-state index >= 15 is 0 Å². The standard InChI is InChI=1S/C11H22N2O2/c1-10(2,3)15-8-5-6-11(7-8,13-4)9(12)14/h8,13H,5-7H2,1-4H3,(H2,12,14). The summed E-state index contributed by atoms with van der Waals surface area (Å²) in [4.78, 5) is 11.4. The fourth-order valence-corrected chi connectivity index (χ4v) is 2.17. The Labute approximate surface area is 91.5 Å². The number of carbonyl (C=O) groups excluding carboxylic acids is 1. The fraction of sp³-hybridized carbons (Fsp3) is 0.909. The lowest BCUT2D eigenvalue weighted by molar-refractivity contribution is -0.125. The molecule has 88 valence electrons. The van der Waals surface area contributed by atoms with Gasteiger partial charge in [-0.05, 0) is 40.7 Å². The van der Waals surface area contributed by atoms with Crippen LogP contribution in [-0.4, -0.2) is 30.2 Å². The summed E-state index contributed by atoms with van der Waals surface area (Å²) in [5.41, 5.74) is 4.69. The molecule has 15 heavy (non-hydrogen) atoms. The minimum absolute atomic E-state index is 0.130. The summed E-state index contributed by atoms with van der Waals surface area (Å²) in [6.45, 7) is 6.07. The molecule has 0 aromatic rings. The maximum Gasteiger partial charge on any atom is 0.237 e. The fourth-order valence-electron chi connectivity index (χ4n) is 2.17. The molecule has 0 bridgehead atoms. The first-order chi connectivity index (χ1) is 6.79. The van der Waals surface area contributed by atoms with Crippen LogP contribution in [0.5, 0.6) is 0 Å². The Bertz CT molecular complexity index is 247. The van der Waals surface area contributed by atoms with Gasteiger partial charge in [0.1, 0.15) is 0 Å². The smallest absolute Gasteiger partial charge is 0.237 e. The number of amides is 1. The highest BCUT2D eigenvalue weighted by molar-refractivity contribution is 5.85. The third-order valence-electron chi connectivity index (χ3n) is 2.94. The van der Waals surface area contributed by atoms with Crippen molar-refractivity contribution in [2.75, 3.05) is 7.05 Å². The zero-order chi connectivity index (χ0) is 11.7. The minimum atomic E-state index is -0.560. The van der Waals surface area contributed by atoms with Crippen LogP contribution in [0.3, 0.4) is 0 Å². The summed E-state index contributed by atoms with van der Waals surface area (Å²) in [5, 5.41) is 3.04. The molecule has 0 aromatic carbocycles. The van der Waals surface area contributed by atoms with Gasteiger partial charge in [0.25, 0.3) is 0 Å². The molecule has 1 aliphatic carbocycles. The molecule has 1 rings (SSSR count). The van der Waals surface area contributed by atoms with Gasteiger partial charge in [-0.1, -0.05) is 0 Å². The molecule has 4 heteroatoms. The van der Waals surface area contributed by atoms with Crippen LogP contribution in [0.2, 0.25) is 0 Å². The molecular formula is C11H22N2O2. The first-order valence-corrected chi connectivity index (χ1v) is 5.46.